The summed E-state index contributed by atoms with van der Waals surface area (Å²) < 4.78 is 5.69. The summed E-state index contributed by atoms with van der Waals surface area (Å²) in [5.41, 5.74) is 2.73. The normalized spacial score (nSPS) is 24.9. The van der Waals surface area contributed by atoms with E-state index in [4.69, 9.17) is 4.74 Å². The lowest BCUT2D eigenvalue weighted by molar-refractivity contribution is 0.0629. The number of likely N-dealkylation sites (tertiary alicyclic amines) is 2. The number of rotatable bonds is 3. The number of hydrogen-bond acceptors (Lipinski definition) is 5. The first-order chi connectivity index (χ1) is 17.1. The van der Waals surface area contributed by atoms with Crippen LogP contribution in [0.2, 0.25) is 0 Å². The molecule has 3 aromatic carbocycles. The van der Waals surface area contributed by atoms with Gasteiger partial charge in [0, 0.05) is 37.1 Å². The second-order valence-corrected chi connectivity index (χ2v) is 9.97. The van der Waals surface area contributed by atoms with Crippen LogP contribution in [0.4, 0.5) is 0 Å². The quantitative estimate of drug-likeness (QED) is 0.500. The summed E-state index contributed by atoms with van der Waals surface area (Å²) in [5.74, 6) is 2.54. The van der Waals surface area contributed by atoms with Crippen molar-refractivity contribution in [3.8, 4) is 5.75 Å². The fraction of sp³-hybridized carbons (Fsp3) is 0.333. The van der Waals surface area contributed by atoms with Crippen molar-refractivity contribution in [1.82, 2.24) is 25.2 Å². The summed E-state index contributed by atoms with van der Waals surface area (Å²) >= 11 is 0. The number of amides is 2. The summed E-state index contributed by atoms with van der Waals surface area (Å²) in [6.07, 6.45) is 0. The Kier molecular flexibility index (Phi) is 4.40. The Labute approximate surface area is 201 Å². The number of carbonyl (C=O) groups excluding carboxylic acids is 2. The molecule has 0 bridgehead atoms. The zero-order valence-corrected chi connectivity index (χ0v) is 19.3. The Morgan fingerprint density at radius 3 is 2.20 bits per heavy atom. The van der Waals surface area contributed by atoms with E-state index in [0.717, 1.165) is 42.5 Å². The number of H-pyrrole nitrogens is 1. The predicted octanol–water partition coefficient (Wildman–Crippen LogP) is 3.21. The van der Waals surface area contributed by atoms with Crippen molar-refractivity contribution in [2.75, 3.05) is 33.3 Å². The first-order valence-electron chi connectivity index (χ1n) is 12.1. The summed E-state index contributed by atoms with van der Waals surface area (Å²) in [4.78, 5) is 30.7. The van der Waals surface area contributed by atoms with Gasteiger partial charge >= 0.3 is 0 Å². The van der Waals surface area contributed by atoms with Crippen molar-refractivity contribution in [2.45, 2.75) is 0 Å². The molecule has 0 radical (unpaired) electrons. The van der Waals surface area contributed by atoms with Crippen LogP contribution in [0.1, 0.15) is 20.7 Å². The van der Waals surface area contributed by atoms with E-state index >= 15 is 0 Å². The number of hydrogen-bond donors (Lipinski definition) is 1. The Hall–Kier alpha value is -3.94. The second-order valence-electron chi connectivity index (χ2n) is 9.97. The van der Waals surface area contributed by atoms with Gasteiger partial charge in [-0.25, -0.2) is 0 Å². The number of methoxy groups -OCH3 is 1. The molecule has 1 aromatic heterocycles. The SMILES string of the molecule is COc1c(C(=O)N2CC3C(C2)[C@@H]2CN(C(=O)c4ccc5n[nH]nc5c4)C[C@H]32)ccc2ccccc12. The fourth-order valence-corrected chi connectivity index (χ4v) is 6.66. The molecule has 35 heavy (non-hydrogen) atoms. The van der Waals surface area contributed by atoms with Gasteiger partial charge in [-0.3, -0.25) is 9.59 Å². The van der Waals surface area contributed by atoms with Crippen molar-refractivity contribution in [1.29, 1.82) is 0 Å². The number of aromatic nitrogens is 3. The van der Waals surface area contributed by atoms with E-state index in [1.807, 2.05) is 58.3 Å². The number of ether oxygens (including phenoxy) is 1. The molecule has 2 amide bonds. The molecule has 3 aliphatic rings. The van der Waals surface area contributed by atoms with Crippen LogP contribution in [0.15, 0.2) is 54.6 Å². The maximum absolute atomic E-state index is 13.5. The summed E-state index contributed by atoms with van der Waals surface area (Å²) in [5, 5.41) is 12.8. The van der Waals surface area contributed by atoms with Crippen LogP contribution >= 0.6 is 0 Å². The molecule has 1 saturated carbocycles. The average Bonchev–Trinajstić information content (AvgIpc) is 3.61. The molecule has 2 unspecified atom stereocenters. The van der Waals surface area contributed by atoms with Gasteiger partial charge in [0.1, 0.15) is 16.8 Å². The molecule has 176 valence electrons. The molecule has 3 fully saturated rings. The van der Waals surface area contributed by atoms with Gasteiger partial charge < -0.3 is 14.5 Å². The standard InChI is InChI=1S/C27H25N5O3/c1-35-25-17-5-3-2-4-15(17)6-8-18(25)27(34)32-13-21-19-11-31(12-20(19)22(21)14-32)26(33)16-7-9-23-24(10-16)29-30-28-23/h2-10,19-22H,11-14H2,1H3,(H,28,29,30)/t19-,20+,21?,22?. The number of fused-ring (bicyclic) bond motifs is 6. The molecule has 4 atom stereocenters. The highest BCUT2D eigenvalue weighted by molar-refractivity contribution is 6.04. The van der Waals surface area contributed by atoms with Gasteiger partial charge in [0.15, 0.2) is 0 Å². The maximum Gasteiger partial charge on any atom is 0.257 e. The average molecular weight is 468 g/mol. The topological polar surface area (TPSA) is 91.4 Å². The third kappa shape index (κ3) is 2.98. The van der Waals surface area contributed by atoms with E-state index < -0.39 is 0 Å². The number of aromatic amines is 1. The van der Waals surface area contributed by atoms with Crippen LogP contribution in [-0.4, -0.2) is 70.3 Å². The zero-order valence-electron chi connectivity index (χ0n) is 19.3. The fourth-order valence-electron chi connectivity index (χ4n) is 6.66. The van der Waals surface area contributed by atoms with Gasteiger partial charge in [-0.15, -0.1) is 0 Å². The first kappa shape index (κ1) is 20.4. The van der Waals surface area contributed by atoms with E-state index in [2.05, 4.69) is 15.4 Å². The number of nitrogens with zero attached hydrogens (tertiary/aromatic N) is 4. The first-order valence-corrected chi connectivity index (χ1v) is 12.1. The Balaban J connectivity index is 1.07. The zero-order chi connectivity index (χ0) is 23.7. The summed E-state index contributed by atoms with van der Waals surface area (Å²) in [6.45, 7) is 2.99. The molecular formula is C27H25N5O3. The minimum atomic E-state index is 0.0360. The Morgan fingerprint density at radius 2 is 1.49 bits per heavy atom. The van der Waals surface area contributed by atoms with Crippen LogP contribution in [0.5, 0.6) is 5.75 Å². The van der Waals surface area contributed by atoms with Crippen LogP contribution < -0.4 is 4.74 Å². The van der Waals surface area contributed by atoms with Crippen LogP contribution in [-0.2, 0) is 0 Å². The number of nitrogens with one attached hydrogen (secondary N) is 1. The van der Waals surface area contributed by atoms with Gasteiger partial charge in [0.2, 0.25) is 0 Å². The van der Waals surface area contributed by atoms with Crippen LogP contribution in [0.3, 0.4) is 0 Å². The molecular weight excluding hydrogens is 442 g/mol. The second kappa shape index (κ2) is 7.53. The van der Waals surface area contributed by atoms with E-state index in [1.165, 1.54) is 0 Å². The van der Waals surface area contributed by atoms with Crippen molar-refractivity contribution in [3.05, 3.63) is 65.7 Å². The smallest absolute Gasteiger partial charge is 0.257 e. The lowest BCUT2D eigenvalue weighted by Gasteiger charge is -2.42. The van der Waals surface area contributed by atoms with Gasteiger partial charge in [0.25, 0.3) is 11.8 Å². The number of carbonyl (C=O) groups is 2. The van der Waals surface area contributed by atoms with Crippen molar-refractivity contribution >= 4 is 33.6 Å². The maximum atomic E-state index is 13.5. The van der Waals surface area contributed by atoms with Gasteiger partial charge in [-0.05, 0) is 53.3 Å². The highest BCUT2D eigenvalue weighted by Gasteiger charge is 2.59. The summed E-state index contributed by atoms with van der Waals surface area (Å²) in [7, 11) is 1.63. The highest BCUT2D eigenvalue weighted by Crippen LogP contribution is 2.54. The Morgan fingerprint density at radius 1 is 0.829 bits per heavy atom. The minimum Gasteiger partial charge on any atom is -0.495 e. The van der Waals surface area contributed by atoms with E-state index in [1.54, 1.807) is 13.2 Å². The van der Waals surface area contributed by atoms with Crippen molar-refractivity contribution in [3.63, 3.8) is 0 Å². The molecule has 0 spiro atoms. The lowest BCUT2D eigenvalue weighted by Crippen LogP contribution is -2.44. The third-order valence-corrected chi connectivity index (χ3v) is 8.38. The Bertz CT molecular complexity index is 1480. The molecule has 2 aliphatic heterocycles. The van der Waals surface area contributed by atoms with Gasteiger partial charge in [0.05, 0.1) is 12.7 Å². The van der Waals surface area contributed by atoms with Crippen LogP contribution in [0, 0.1) is 23.7 Å². The summed E-state index contributed by atoms with van der Waals surface area (Å²) in [6, 6.07) is 17.3. The van der Waals surface area contributed by atoms with Crippen LogP contribution in [0.25, 0.3) is 21.8 Å². The molecule has 1 aliphatic carbocycles. The van der Waals surface area contributed by atoms with Gasteiger partial charge in [-0.1, -0.05) is 30.3 Å². The van der Waals surface area contributed by atoms with Crippen molar-refractivity contribution in [2.24, 2.45) is 23.7 Å². The molecule has 7 rings (SSSR count). The minimum absolute atomic E-state index is 0.0360. The molecule has 8 nitrogen and oxygen atoms in total. The molecule has 1 N–H and O–H groups in total. The lowest BCUT2D eigenvalue weighted by atomic mass is 9.60. The van der Waals surface area contributed by atoms with E-state index in [9.17, 15) is 9.59 Å². The predicted molar refractivity (Wildman–Crippen MR) is 130 cm³/mol. The molecule has 4 aromatic rings. The third-order valence-electron chi connectivity index (χ3n) is 8.38. The number of benzene rings is 3. The monoisotopic (exact) mass is 467 g/mol. The molecule has 2 saturated heterocycles. The molecule has 8 heteroatoms. The van der Waals surface area contributed by atoms with Gasteiger partial charge in [-0.2, -0.15) is 15.4 Å². The highest BCUT2D eigenvalue weighted by atomic mass is 16.5. The van der Waals surface area contributed by atoms with E-state index in [0.29, 0.717) is 46.1 Å². The van der Waals surface area contributed by atoms with E-state index in [-0.39, 0.29) is 11.8 Å². The molecule has 3 heterocycles. The largest absolute Gasteiger partial charge is 0.495 e. The van der Waals surface area contributed by atoms with Crippen molar-refractivity contribution < 1.29 is 14.3 Å².